The van der Waals surface area contributed by atoms with Gasteiger partial charge < -0.3 is 33.5 Å². The van der Waals surface area contributed by atoms with E-state index in [1.165, 1.54) is 18.2 Å². The Morgan fingerprint density at radius 1 is 0.872 bits per heavy atom. The number of carboxylic acids is 1. The lowest BCUT2D eigenvalue weighted by Crippen LogP contribution is -2.59. The summed E-state index contributed by atoms with van der Waals surface area (Å²) in [6, 6.07) is 3.61. The molecule has 39 heavy (non-hydrogen) atoms. The van der Waals surface area contributed by atoms with Crippen LogP contribution in [0.1, 0.15) is 79.7 Å². The highest BCUT2D eigenvalue weighted by Gasteiger charge is 2.44. The summed E-state index contributed by atoms with van der Waals surface area (Å²) in [6.07, 6.45) is -2.03. The summed E-state index contributed by atoms with van der Waals surface area (Å²) in [4.78, 5) is 49.3. The van der Waals surface area contributed by atoms with Crippen LogP contribution < -0.4 is 14.8 Å². The van der Waals surface area contributed by atoms with Crippen molar-refractivity contribution in [2.45, 2.75) is 105 Å². The number of carbonyl (C=O) groups is 4. The van der Waals surface area contributed by atoms with Gasteiger partial charge in [-0.3, -0.25) is 5.32 Å². The van der Waals surface area contributed by atoms with Crippen LogP contribution in [0.25, 0.3) is 0 Å². The van der Waals surface area contributed by atoms with Crippen molar-refractivity contribution in [3.05, 3.63) is 23.8 Å². The molecule has 0 radical (unpaired) electrons. The first-order valence-corrected chi connectivity index (χ1v) is 13.1. The van der Waals surface area contributed by atoms with Gasteiger partial charge in [-0.25, -0.2) is 19.2 Å². The highest BCUT2D eigenvalue weighted by Crippen LogP contribution is 2.32. The van der Waals surface area contributed by atoms with Crippen molar-refractivity contribution in [1.82, 2.24) is 5.32 Å². The summed E-state index contributed by atoms with van der Waals surface area (Å²) in [7, 11) is 0. The van der Waals surface area contributed by atoms with Crippen molar-refractivity contribution in [2.24, 2.45) is 0 Å². The standard InChI is InChI=1S/C27H41NO11/c1-8-11-14-34-24(31)39-27(23(29)30,28-17(4)5)16-20-12-13-21(37-25(32)35-18(6)9-2)22(15-20)38-26(33)36-19(7)10-3/h12-13,15,17-19,28H,8-11,14,16H2,1-7H3,(H,29,30)/t18?,19?,27-/m0/s1. The SMILES string of the molecule is CCCCOC(=O)O[C@](Cc1ccc(OC(=O)OC(C)CC)c(OC(=O)OC(C)CC)c1)(NC(C)C)C(=O)O. The van der Waals surface area contributed by atoms with E-state index in [9.17, 15) is 24.3 Å². The summed E-state index contributed by atoms with van der Waals surface area (Å²) < 4.78 is 31.1. The Kier molecular flexibility index (Phi) is 14.1. The zero-order chi connectivity index (χ0) is 29.6. The summed E-state index contributed by atoms with van der Waals surface area (Å²) in [6.45, 7) is 12.4. The molecule has 12 nitrogen and oxygen atoms in total. The number of unbranched alkanes of at least 4 members (excludes halogenated alkanes) is 1. The average molecular weight is 556 g/mol. The fraction of sp³-hybridized carbons (Fsp3) is 0.630. The van der Waals surface area contributed by atoms with Gasteiger partial charge in [0.2, 0.25) is 0 Å². The minimum atomic E-state index is -2.22. The van der Waals surface area contributed by atoms with Crippen LogP contribution in [0.3, 0.4) is 0 Å². The fourth-order valence-electron chi connectivity index (χ4n) is 3.07. The minimum Gasteiger partial charge on any atom is -0.477 e. The highest BCUT2D eigenvalue weighted by molar-refractivity contribution is 5.80. The van der Waals surface area contributed by atoms with Gasteiger partial charge in [0.1, 0.15) is 12.2 Å². The first kappa shape index (κ1) is 33.5. The Bertz CT molecular complexity index is 965. The Balaban J connectivity index is 3.38. The molecule has 2 N–H and O–H groups in total. The smallest absolute Gasteiger partial charge is 0.477 e. The Morgan fingerprint density at radius 3 is 1.92 bits per heavy atom. The molecule has 0 aliphatic carbocycles. The van der Waals surface area contributed by atoms with Gasteiger partial charge in [0, 0.05) is 12.5 Å². The number of benzene rings is 1. The lowest BCUT2D eigenvalue weighted by molar-refractivity contribution is -0.166. The molecule has 0 saturated carbocycles. The predicted octanol–water partition coefficient (Wildman–Crippen LogP) is 5.59. The second kappa shape index (κ2) is 16.4. The van der Waals surface area contributed by atoms with E-state index in [2.05, 4.69) is 5.32 Å². The molecule has 0 bridgehead atoms. The highest BCUT2D eigenvalue weighted by atomic mass is 16.8. The van der Waals surface area contributed by atoms with Crippen LogP contribution in [0.4, 0.5) is 14.4 Å². The molecule has 0 fully saturated rings. The van der Waals surface area contributed by atoms with Crippen molar-refractivity contribution in [3.63, 3.8) is 0 Å². The number of hydrogen-bond acceptors (Lipinski definition) is 11. The number of nitrogens with one attached hydrogen (secondary N) is 1. The van der Waals surface area contributed by atoms with Crippen molar-refractivity contribution >= 4 is 24.4 Å². The van der Waals surface area contributed by atoms with Gasteiger partial charge in [0.25, 0.3) is 5.72 Å². The third kappa shape index (κ3) is 11.8. The molecule has 1 rings (SSSR count). The molecule has 3 atom stereocenters. The first-order valence-electron chi connectivity index (χ1n) is 13.1. The van der Waals surface area contributed by atoms with Crippen LogP contribution in [0, 0.1) is 0 Å². The normalized spacial score (nSPS) is 13.9. The number of ether oxygens (including phenoxy) is 6. The van der Waals surface area contributed by atoms with Gasteiger partial charge in [-0.05, 0) is 64.7 Å². The molecule has 2 unspecified atom stereocenters. The van der Waals surface area contributed by atoms with E-state index in [4.69, 9.17) is 28.4 Å². The van der Waals surface area contributed by atoms with Crippen molar-refractivity contribution in [3.8, 4) is 11.5 Å². The molecule has 0 saturated heterocycles. The summed E-state index contributed by atoms with van der Waals surface area (Å²) in [5.41, 5.74) is -1.95. The largest absolute Gasteiger partial charge is 0.514 e. The third-order valence-electron chi connectivity index (χ3n) is 5.44. The van der Waals surface area contributed by atoms with Gasteiger partial charge in [0.15, 0.2) is 11.5 Å². The van der Waals surface area contributed by atoms with E-state index in [1.807, 2.05) is 20.8 Å². The van der Waals surface area contributed by atoms with Gasteiger partial charge >= 0.3 is 24.4 Å². The zero-order valence-corrected chi connectivity index (χ0v) is 23.7. The lowest BCUT2D eigenvalue weighted by Gasteiger charge is -2.31. The Morgan fingerprint density at radius 2 is 1.44 bits per heavy atom. The van der Waals surface area contributed by atoms with E-state index in [1.54, 1.807) is 27.7 Å². The van der Waals surface area contributed by atoms with Crippen molar-refractivity contribution in [1.29, 1.82) is 0 Å². The summed E-state index contributed by atoms with van der Waals surface area (Å²) >= 11 is 0. The van der Waals surface area contributed by atoms with Crippen LogP contribution in [-0.2, 0) is 30.2 Å². The van der Waals surface area contributed by atoms with Crippen LogP contribution in [0.5, 0.6) is 11.5 Å². The zero-order valence-electron chi connectivity index (χ0n) is 23.7. The predicted molar refractivity (Wildman–Crippen MR) is 140 cm³/mol. The minimum absolute atomic E-state index is 0.0712. The van der Waals surface area contributed by atoms with E-state index in [0.29, 0.717) is 19.3 Å². The number of carboxylic acid groups (broad SMARTS) is 1. The monoisotopic (exact) mass is 555 g/mol. The maximum absolute atomic E-state index is 12.4. The van der Waals surface area contributed by atoms with E-state index >= 15 is 0 Å². The lowest BCUT2D eigenvalue weighted by atomic mass is 10.0. The molecule has 220 valence electrons. The van der Waals surface area contributed by atoms with Gasteiger partial charge in [0.05, 0.1) is 6.61 Å². The first-order chi connectivity index (χ1) is 18.3. The topological polar surface area (TPSA) is 156 Å². The second-order valence-electron chi connectivity index (χ2n) is 9.32. The van der Waals surface area contributed by atoms with E-state index < -0.39 is 54.8 Å². The van der Waals surface area contributed by atoms with Gasteiger partial charge in [-0.15, -0.1) is 0 Å². The maximum Gasteiger partial charge on any atom is 0.514 e. The molecule has 0 spiro atoms. The number of hydrogen-bond donors (Lipinski definition) is 2. The average Bonchev–Trinajstić information content (AvgIpc) is 2.84. The Hall–Kier alpha value is -3.54. The van der Waals surface area contributed by atoms with Crippen LogP contribution in [0.2, 0.25) is 0 Å². The van der Waals surface area contributed by atoms with Gasteiger partial charge in [-0.1, -0.05) is 33.3 Å². The van der Waals surface area contributed by atoms with Crippen LogP contribution in [-0.4, -0.2) is 60.1 Å². The Labute approximate surface area is 229 Å². The van der Waals surface area contributed by atoms with Crippen molar-refractivity contribution in [2.75, 3.05) is 6.61 Å². The number of aliphatic carboxylic acids is 1. The third-order valence-corrected chi connectivity index (χ3v) is 5.44. The fourth-order valence-corrected chi connectivity index (χ4v) is 3.07. The van der Waals surface area contributed by atoms with Gasteiger partial charge in [-0.2, -0.15) is 0 Å². The number of carbonyl (C=O) groups excluding carboxylic acids is 3. The molecule has 0 amide bonds. The van der Waals surface area contributed by atoms with Crippen molar-refractivity contribution < 1.29 is 52.7 Å². The quantitative estimate of drug-likeness (QED) is 0.0910. The molecule has 1 aromatic carbocycles. The number of rotatable bonds is 15. The van der Waals surface area contributed by atoms with E-state index in [-0.39, 0.29) is 23.7 Å². The molecular formula is C27H41NO11. The summed E-state index contributed by atoms with van der Waals surface area (Å²) in [5.74, 6) is -1.86. The second-order valence-corrected chi connectivity index (χ2v) is 9.32. The molecule has 1 aromatic rings. The summed E-state index contributed by atoms with van der Waals surface area (Å²) in [5, 5.41) is 12.9. The molecule has 12 heteroatoms. The van der Waals surface area contributed by atoms with E-state index in [0.717, 1.165) is 6.42 Å². The van der Waals surface area contributed by atoms with Crippen LogP contribution in [0.15, 0.2) is 18.2 Å². The maximum atomic E-state index is 12.4. The molecule has 0 aliphatic rings. The van der Waals surface area contributed by atoms with Crippen LogP contribution >= 0.6 is 0 Å². The molecule has 0 aliphatic heterocycles. The molecule has 0 aromatic heterocycles. The molecular weight excluding hydrogens is 514 g/mol. The molecule has 0 heterocycles.